The molecule has 3 rings (SSSR count). The van der Waals surface area contributed by atoms with Crippen molar-refractivity contribution in [2.24, 2.45) is 0 Å². The summed E-state index contributed by atoms with van der Waals surface area (Å²) < 4.78 is 5.23. The molecule has 4 N–H and O–H groups in total. The third-order valence-corrected chi connectivity index (χ3v) is 3.16. The Morgan fingerprint density at radius 3 is 2.76 bits per heavy atom. The first kappa shape index (κ1) is 16.1. The van der Waals surface area contributed by atoms with Gasteiger partial charge < -0.3 is 15.8 Å². The number of nitrogens with zero attached hydrogens (tertiary/aromatic N) is 3. The first-order valence-corrected chi connectivity index (χ1v) is 7.43. The van der Waals surface area contributed by atoms with E-state index < -0.39 is 0 Å². The number of ether oxygens (including phenoxy) is 1. The third-order valence-electron chi connectivity index (χ3n) is 3.16. The third kappa shape index (κ3) is 4.62. The summed E-state index contributed by atoms with van der Waals surface area (Å²) in [6.45, 7) is 2.10. The quantitative estimate of drug-likeness (QED) is 0.720. The van der Waals surface area contributed by atoms with Gasteiger partial charge in [0.2, 0.25) is 5.95 Å². The molecule has 1 aromatic carbocycles. The Kier molecular flexibility index (Phi) is 4.67. The number of carbonyl (C=O) groups is 1. The second-order valence-electron chi connectivity index (χ2n) is 5.21. The fourth-order valence-corrected chi connectivity index (χ4v) is 2.04. The van der Waals surface area contributed by atoms with Gasteiger partial charge in [-0.2, -0.15) is 0 Å². The van der Waals surface area contributed by atoms with Gasteiger partial charge in [0, 0.05) is 23.6 Å². The zero-order valence-electron chi connectivity index (χ0n) is 13.5. The van der Waals surface area contributed by atoms with Crippen LogP contribution in [-0.4, -0.2) is 27.7 Å². The zero-order valence-corrected chi connectivity index (χ0v) is 13.5. The molecule has 25 heavy (non-hydrogen) atoms. The Labute approximate surface area is 144 Å². The van der Waals surface area contributed by atoms with Gasteiger partial charge in [0.15, 0.2) is 6.73 Å². The van der Waals surface area contributed by atoms with Crippen molar-refractivity contribution in [2.75, 3.05) is 17.8 Å². The van der Waals surface area contributed by atoms with Gasteiger partial charge in [0.05, 0.1) is 11.8 Å². The minimum absolute atomic E-state index is 0.205. The van der Waals surface area contributed by atoms with E-state index in [0.717, 1.165) is 11.3 Å². The summed E-state index contributed by atoms with van der Waals surface area (Å²) in [5.74, 6) is 6.88. The van der Waals surface area contributed by atoms with Crippen LogP contribution in [0.25, 0.3) is 0 Å². The standard InChI is InChI=1S/C17H16N6O2/c1-12-10-23(11-25-12)22-17(24)21-15-4-2-3-13(7-15)5-6-14-8-19-16(18)20-9-14/h2-4,7-10H,11H2,1H3,(H2,18,19,20)(H2,21,22,24). The van der Waals surface area contributed by atoms with Crippen molar-refractivity contribution >= 4 is 17.7 Å². The number of hydrogen-bond donors (Lipinski definition) is 3. The van der Waals surface area contributed by atoms with Crippen molar-refractivity contribution in [1.82, 2.24) is 20.4 Å². The van der Waals surface area contributed by atoms with E-state index in [-0.39, 0.29) is 18.7 Å². The minimum atomic E-state index is -0.369. The van der Waals surface area contributed by atoms with E-state index in [9.17, 15) is 4.79 Å². The lowest BCUT2D eigenvalue weighted by atomic mass is 10.2. The number of rotatable bonds is 2. The average molecular weight is 336 g/mol. The number of hydrogen-bond acceptors (Lipinski definition) is 6. The Balaban J connectivity index is 1.63. The summed E-state index contributed by atoms with van der Waals surface area (Å²) in [5.41, 5.74) is 10.1. The molecule has 2 heterocycles. The van der Waals surface area contributed by atoms with Crippen LogP contribution in [0.2, 0.25) is 0 Å². The number of anilines is 2. The van der Waals surface area contributed by atoms with Gasteiger partial charge >= 0.3 is 6.03 Å². The SMILES string of the molecule is CC1=CN(NC(=O)Nc2cccc(C#Cc3cnc(N)nc3)c2)CO1. The summed E-state index contributed by atoms with van der Waals surface area (Å²) >= 11 is 0. The highest BCUT2D eigenvalue weighted by Gasteiger charge is 2.12. The molecule has 0 saturated heterocycles. The summed E-state index contributed by atoms with van der Waals surface area (Å²) in [5, 5.41) is 4.30. The highest BCUT2D eigenvalue weighted by molar-refractivity contribution is 5.89. The fraction of sp³-hybridized carbons (Fsp3) is 0.118. The van der Waals surface area contributed by atoms with E-state index in [0.29, 0.717) is 11.3 Å². The van der Waals surface area contributed by atoms with E-state index in [2.05, 4.69) is 32.6 Å². The number of aromatic nitrogens is 2. The molecule has 0 spiro atoms. The number of nitrogens with one attached hydrogen (secondary N) is 2. The van der Waals surface area contributed by atoms with Gasteiger partial charge in [0.1, 0.15) is 5.76 Å². The van der Waals surface area contributed by atoms with Crippen LogP contribution in [0.5, 0.6) is 0 Å². The maximum Gasteiger partial charge on any atom is 0.338 e. The van der Waals surface area contributed by atoms with Crippen molar-refractivity contribution < 1.29 is 9.53 Å². The van der Waals surface area contributed by atoms with E-state index in [1.807, 2.05) is 19.1 Å². The molecule has 0 atom stereocenters. The van der Waals surface area contributed by atoms with Crippen LogP contribution >= 0.6 is 0 Å². The number of amides is 2. The molecular formula is C17H16N6O2. The molecule has 1 aliphatic rings. The van der Waals surface area contributed by atoms with E-state index in [4.69, 9.17) is 10.5 Å². The van der Waals surface area contributed by atoms with Gasteiger partial charge in [-0.25, -0.2) is 20.2 Å². The van der Waals surface area contributed by atoms with E-state index >= 15 is 0 Å². The predicted molar refractivity (Wildman–Crippen MR) is 92.6 cm³/mol. The van der Waals surface area contributed by atoms with Crippen molar-refractivity contribution in [1.29, 1.82) is 0 Å². The normalized spacial score (nSPS) is 12.5. The number of urea groups is 1. The molecule has 0 saturated carbocycles. The number of benzene rings is 1. The van der Waals surface area contributed by atoms with Crippen molar-refractivity contribution in [2.45, 2.75) is 6.92 Å². The number of hydrazine groups is 1. The molecule has 1 aromatic heterocycles. The van der Waals surface area contributed by atoms with Crippen LogP contribution in [0.1, 0.15) is 18.1 Å². The van der Waals surface area contributed by atoms with Crippen LogP contribution in [0, 0.1) is 11.8 Å². The second kappa shape index (κ2) is 7.23. The zero-order chi connectivity index (χ0) is 17.6. The lowest BCUT2D eigenvalue weighted by molar-refractivity contribution is 0.126. The van der Waals surface area contributed by atoms with Gasteiger partial charge in [0.25, 0.3) is 0 Å². The Bertz CT molecular complexity index is 867. The highest BCUT2D eigenvalue weighted by Crippen LogP contribution is 2.11. The molecule has 0 bridgehead atoms. The van der Waals surface area contributed by atoms with Gasteiger partial charge in [-0.05, 0) is 25.1 Å². The van der Waals surface area contributed by atoms with Crippen LogP contribution < -0.4 is 16.5 Å². The first-order valence-electron chi connectivity index (χ1n) is 7.43. The summed E-state index contributed by atoms with van der Waals surface area (Å²) in [6, 6.07) is 6.83. The second-order valence-corrected chi connectivity index (χ2v) is 5.21. The first-order chi connectivity index (χ1) is 12.1. The van der Waals surface area contributed by atoms with Crippen LogP contribution in [0.4, 0.5) is 16.4 Å². The van der Waals surface area contributed by atoms with Crippen LogP contribution in [0.15, 0.2) is 48.6 Å². The van der Waals surface area contributed by atoms with Gasteiger partial charge in [-0.3, -0.25) is 5.01 Å². The average Bonchev–Trinajstić information content (AvgIpc) is 2.99. The maximum atomic E-state index is 12.0. The molecular weight excluding hydrogens is 320 g/mol. The number of nitrogens with two attached hydrogens (primary N) is 1. The predicted octanol–water partition coefficient (Wildman–Crippen LogP) is 1.65. The molecule has 8 heteroatoms. The maximum absolute atomic E-state index is 12.0. The van der Waals surface area contributed by atoms with Crippen LogP contribution in [-0.2, 0) is 4.74 Å². The van der Waals surface area contributed by atoms with E-state index in [1.165, 1.54) is 0 Å². The molecule has 0 aliphatic carbocycles. The lowest BCUT2D eigenvalue weighted by Gasteiger charge is -2.15. The van der Waals surface area contributed by atoms with Crippen molar-refractivity contribution in [3.05, 3.63) is 59.7 Å². The van der Waals surface area contributed by atoms with Crippen molar-refractivity contribution in [3.8, 4) is 11.8 Å². The number of carbonyl (C=O) groups excluding carboxylic acids is 1. The highest BCUT2D eigenvalue weighted by atomic mass is 16.5. The molecule has 1 aliphatic heterocycles. The lowest BCUT2D eigenvalue weighted by Crippen LogP contribution is -2.40. The van der Waals surface area contributed by atoms with Crippen molar-refractivity contribution in [3.63, 3.8) is 0 Å². The minimum Gasteiger partial charge on any atom is -0.474 e. The number of nitrogen functional groups attached to an aromatic ring is 1. The molecule has 126 valence electrons. The monoisotopic (exact) mass is 336 g/mol. The Morgan fingerprint density at radius 2 is 2.04 bits per heavy atom. The molecule has 0 unspecified atom stereocenters. The summed E-state index contributed by atoms with van der Waals surface area (Å²) in [7, 11) is 0. The largest absolute Gasteiger partial charge is 0.474 e. The van der Waals surface area contributed by atoms with Gasteiger partial charge in [-0.1, -0.05) is 17.9 Å². The Morgan fingerprint density at radius 1 is 1.28 bits per heavy atom. The molecule has 2 amide bonds. The molecule has 0 fully saturated rings. The number of allylic oxidation sites excluding steroid dienone is 1. The topological polar surface area (TPSA) is 105 Å². The molecule has 0 radical (unpaired) electrons. The molecule has 2 aromatic rings. The van der Waals surface area contributed by atoms with E-state index in [1.54, 1.807) is 35.7 Å². The van der Waals surface area contributed by atoms with Gasteiger partial charge in [-0.15, -0.1) is 0 Å². The summed E-state index contributed by atoms with van der Waals surface area (Å²) in [6.07, 6.45) is 4.81. The smallest absolute Gasteiger partial charge is 0.338 e. The summed E-state index contributed by atoms with van der Waals surface area (Å²) in [4.78, 5) is 19.7. The Hall–Kier alpha value is -3.73. The molecule has 8 nitrogen and oxygen atoms in total. The van der Waals surface area contributed by atoms with Crippen LogP contribution in [0.3, 0.4) is 0 Å². The fourth-order valence-electron chi connectivity index (χ4n) is 2.04.